The molecule has 0 spiro atoms. The number of hydrogen-bond acceptors (Lipinski definition) is 9. The van der Waals surface area contributed by atoms with Crippen LogP contribution in [0.4, 0.5) is 5.13 Å². The lowest BCUT2D eigenvalue weighted by Crippen LogP contribution is -2.29. The number of aliphatic hydroxyl groups is 1. The van der Waals surface area contributed by atoms with Gasteiger partial charge in [0.05, 0.1) is 43.2 Å². The Morgan fingerprint density at radius 1 is 1.02 bits per heavy atom. The van der Waals surface area contributed by atoms with Crippen LogP contribution in [-0.4, -0.2) is 49.2 Å². The van der Waals surface area contributed by atoms with Crippen LogP contribution in [0.5, 0.6) is 23.0 Å². The van der Waals surface area contributed by atoms with Gasteiger partial charge in [-0.25, -0.2) is 4.98 Å². The number of ether oxygens (including phenoxy) is 4. The number of amides is 1. The van der Waals surface area contributed by atoms with Crippen molar-refractivity contribution >= 4 is 44.1 Å². The minimum atomic E-state index is -1.02. The maximum Gasteiger partial charge on any atom is 0.301 e. The fraction of sp³-hybridized carbons (Fsp3) is 0.281. The first-order valence-corrected chi connectivity index (χ1v) is 14.3. The molecule has 2 atom stereocenters. The Bertz CT molecular complexity index is 1780. The smallest absolute Gasteiger partial charge is 0.301 e. The summed E-state index contributed by atoms with van der Waals surface area (Å²) in [5.74, 6) is -0.107. The highest BCUT2D eigenvalue weighted by molar-refractivity contribution is 7.22. The average molecular weight is 587 g/mol. The second-order valence-corrected chi connectivity index (χ2v) is 11.5. The molecule has 0 unspecified atom stereocenters. The zero-order valence-corrected chi connectivity index (χ0v) is 24.9. The molecule has 9 nitrogen and oxygen atoms in total. The van der Waals surface area contributed by atoms with Gasteiger partial charge in [0.2, 0.25) is 5.75 Å². The van der Waals surface area contributed by atoms with Gasteiger partial charge in [0, 0.05) is 12.0 Å². The van der Waals surface area contributed by atoms with Crippen LogP contribution in [0, 0.1) is 13.8 Å². The summed E-state index contributed by atoms with van der Waals surface area (Å²) in [4.78, 5) is 33.8. The summed E-state index contributed by atoms with van der Waals surface area (Å²) in [6.07, 6.45) is 0.680. The maximum absolute atomic E-state index is 13.8. The standard InChI is InChI=1S/C32H30N2O7S/c1-15-9-16(2)26-24(10-15)42-32(33-26)34-27(20-13-22(38-4)30(40-6)23(14-20)39-5)25(29(36)31(34)37)28(35)18-7-8-21-19(12-18)11-17(3)41-21/h7-10,12-14,17,27,35H,11H2,1-6H3/b28-25+/t17-,27-/m0/s1. The van der Waals surface area contributed by atoms with Crippen molar-refractivity contribution in [2.24, 2.45) is 0 Å². The molecule has 3 aromatic carbocycles. The van der Waals surface area contributed by atoms with Crippen LogP contribution in [0.2, 0.25) is 0 Å². The van der Waals surface area contributed by atoms with Crippen LogP contribution in [0.3, 0.4) is 0 Å². The van der Waals surface area contributed by atoms with Gasteiger partial charge in [0.25, 0.3) is 5.78 Å². The Kier molecular flexibility index (Phi) is 6.81. The summed E-state index contributed by atoms with van der Waals surface area (Å²) >= 11 is 1.31. The van der Waals surface area contributed by atoms with E-state index in [4.69, 9.17) is 23.9 Å². The Hall–Kier alpha value is -4.57. The molecule has 0 aliphatic carbocycles. The van der Waals surface area contributed by atoms with E-state index in [9.17, 15) is 14.7 Å². The van der Waals surface area contributed by atoms with E-state index in [1.54, 1.807) is 30.3 Å². The van der Waals surface area contributed by atoms with E-state index >= 15 is 0 Å². The molecule has 0 bridgehead atoms. The lowest BCUT2D eigenvalue weighted by atomic mass is 9.94. The third-order valence-corrected chi connectivity index (χ3v) is 8.64. The molecule has 10 heteroatoms. The number of hydrogen-bond donors (Lipinski definition) is 1. The predicted molar refractivity (Wildman–Crippen MR) is 160 cm³/mol. The van der Waals surface area contributed by atoms with E-state index in [0.29, 0.717) is 39.9 Å². The zero-order valence-electron chi connectivity index (χ0n) is 24.1. The third kappa shape index (κ3) is 4.34. The molecule has 3 heterocycles. The van der Waals surface area contributed by atoms with Gasteiger partial charge in [-0.1, -0.05) is 17.4 Å². The molecule has 1 saturated heterocycles. The number of ketones is 1. The first-order valence-electron chi connectivity index (χ1n) is 13.4. The topological polar surface area (TPSA) is 107 Å². The van der Waals surface area contributed by atoms with E-state index in [-0.39, 0.29) is 17.4 Å². The molecular formula is C32H30N2O7S. The van der Waals surface area contributed by atoms with Crippen molar-refractivity contribution in [3.05, 3.63) is 75.9 Å². The summed E-state index contributed by atoms with van der Waals surface area (Å²) in [7, 11) is 4.48. The number of benzene rings is 3. The number of carbonyl (C=O) groups excluding carboxylic acids is 2. The lowest BCUT2D eigenvalue weighted by molar-refractivity contribution is -0.132. The Labute approximate surface area is 246 Å². The van der Waals surface area contributed by atoms with E-state index in [1.807, 2.05) is 32.9 Å². The molecule has 216 valence electrons. The number of aromatic nitrogens is 1. The van der Waals surface area contributed by atoms with Crippen LogP contribution in [-0.2, 0) is 16.0 Å². The van der Waals surface area contributed by atoms with Crippen LogP contribution in [0.1, 0.15) is 40.8 Å². The highest BCUT2D eigenvalue weighted by atomic mass is 32.1. The van der Waals surface area contributed by atoms with Crippen molar-refractivity contribution in [1.82, 2.24) is 4.98 Å². The van der Waals surface area contributed by atoms with E-state index < -0.39 is 17.7 Å². The lowest BCUT2D eigenvalue weighted by Gasteiger charge is -2.24. The number of aryl methyl sites for hydroxylation is 2. The molecule has 1 fully saturated rings. The maximum atomic E-state index is 13.8. The zero-order chi connectivity index (χ0) is 29.9. The van der Waals surface area contributed by atoms with Crippen LogP contribution < -0.4 is 23.8 Å². The van der Waals surface area contributed by atoms with Crippen molar-refractivity contribution in [1.29, 1.82) is 0 Å². The van der Waals surface area contributed by atoms with Crippen molar-refractivity contribution < 1.29 is 33.6 Å². The van der Waals surface area contributed by atoms with Crippen LogP contribution in [0.25, 0.3) is 16.0 Å². The number of Topliss-reactive ketones (excluding diaryl/α,β-unsaturated/α-hetero) is 1. The molecule has 1 N–H and O–H groups in total. The number of fused-ring (bicyclic) bond motifs is 2. The molecule has 0 saturated carbocycles. The van der Waals surface area contributed by atoms with E-state index in [2.05, 4.69) is 0 Å². The molecule has 1 amide bonds. The molecular weight excluding hydrogens is 556 g/mol. The summed E-state index contributed by atoms with van der Waals surface area (Å²) in [6.45, 7) is 5.93. The molecule has 4 aromatic rings. The van der Waals surface area contributed by atoms with Crippen LogP contribution in [0.15, 0.2) is 48.0 Å². The summed E-state index contributed by atoms with van der Waals surface area (Å²) in [5.41, 5.74) is 4.53. The first-order chi connectivity index (χ1) is 20.1. The Morgan fingerprint density at radius 3 is 2.40 bits per heavy atom. The fourth-order valence-electron chi connectivity index (χ4n) is 5.79. The van der Waals surface area contributed by atoms with Crippen LogP contribution >= 0.6 is 11.3 Å². The molecule has 6 rings (SSSR count). The Balaban J connectivity index is 1.60. The monoisotopic (exact) mass is 586 g/mol. The molecule has 2 aliphatic heterocycles. The van der Waals surface area contributed by atoms with E-state index in [1.165, 1.54) is 37.6 Å². The first kappa shape index (κ1) is 27.6. The highest BCUT2D eigenvalue weighted by Gasteiger charge is 2.49. The minimum absolute atomic E-state index is 0.00772. The number of methoxy groups -OCH3 is 3. The van der Waals surface area contributed by atoms with E-state index in [0.717, 1.165) is 32.7 Å². The van der Waals surface area contributed by atoms with Gasteiger partial charge >= 0.3 is 5.91 Å². The van der Waals surface area contributed by atoms with Gasteiger partial charge in [-0.15, -0.1) is 0 Å². The number of anilines is 1. The number of nitrogens with zero attached hydrogens (tertiary/aromatic N) is 2. The number of aliphatic hydroxyl groups excluding tert-OH is 1. The second-order valence-electron chi connectivity index (χ2n) is 10.5. The summed E-state index contributed by atoms with van der Waals surface area (Å²) in [6, 6.07) is 11.6. The highest BCUT2D eigenvalue weighted by Crippen LogP contribution is 2.48. The minimum Gasteiger partial charge on any atom is -0.507 e. The van der Waals surface area contributed by atoms with Gasteiger partial charge in [-0.05, 0) is 79.4 Å². The normalized spacial score (nSPS) is 19.2. The number of carbonyl (C=O) groups is 2. The second kappa shape index (κ2) is 10.4. The third-order valence-electron chi connectivity index (χ3n) is 7.64. The van der Waals surface area contributed by atoms with Crippen molar-refractivity contribution in [3.63, 3.8) is 0 Å². The number of thiazole rings is 1. The quantitative estimate of drug-likeness (QED) is 0.169. The molecule has 42 heavy (non-hydrogen) atoms. The largest absolute Gasteiger partial charge is 0.507 e. The average Bonchev–Trinajstić information content (AvgIpc) is 3.64. The van der Waals surface area contributed by atoms with Gasteiger partial charge in [-0.2, -0.15) is 0 Å². The molecule has 1 aromatic heterocycles. The summed E-state index contributed by atoms with van der Waals surface area (Å²) < 4.78 is 23.4. The van der Waals surface area contributed by atoms with Gasteiger partial charge in [-0.3, -0.25) is 14.5 Å². The van der Waals surface area contributed by atoms with Gasteiger partial charge < -0.3 is 24.1 Å². The predicted octanol–water partition coefficient (Wildman–Crippen LogP) is 5.89. The molecule has 0 radical (unpaired) electrons. The number of rotatable bonds is 6. The van der Waals surface area contributed by atoms with Crippen molar-refractivity contribution in [3.8, 4) is 23.0 Å². The van der Waals surface area contributed by atoms with Gasteiger partial charge in [0.15, 0.2) is 16.6 Å². The van der Waals surface area contributed by atoms with Crippen molar-refractivity contribution in [2.75, 3.05) is 26.2 Å². The Morgan fingerprint density at radius 2 is 1.74 bits per heavy atom. The SMILES string of the molecule is COc1cc([C@H]2/C(=C(\O)c3ccc4c(c3)C[C@H](C)O4)C(=O)C(=O)N2c2nc3c(C)cc(C)cc3s2)cc(OC)c1OC. The van der Waals surface area contributed by atoms with Gasteiger partial charge in [0.1, 0.15) is 17.6 Å². The van der Waals surface area contributed by atoms with Crippen molar-refractivity contribution in [2.45, 2.75) is 39.3 Å². The fourth-order valence-corrected chi connectivity index (χ4v) is 6.96. The summed E-state index contributed by atoms with van der Waals surface area (Å²) in [5, 5.41) is 12.1. The molecule has 2 aliphatic rings.